The Kier molecular flexibility index (Phi) is 5.57. The Morgan fingerprint density at radius 1 is 1.42 bits per heavy atom. The second kappa shape index (κ2) is 6.53. The van der Waals surface area contributed by atoms with Gasteiger partial charge in [-0.25, -0.2) is 18.1 Å². The normalized spacial score (nSPS) is 11.5. The van der Waals surface area contributed by atoms with E-state index in [1.165, 1.54) is 12.4 Å². The third kappa shape index (κ3) is 3.37. The predicted molar refractivity (Wildman–Crippen MR) is 77.5 cm³/mol. The van der Waals surface area contributed by atoms with E-state index in [9.17, 15) is 8.42 Å². The second-order valence-electron chi connectivity index (χ2n) is 3.67. The smallest absolute Gasteiger partial charge is 0.242 e. The van der Waals surface area contributed by atoms with Gasteiger partial charge in [-0.2, -0.15) is 0 Å². The molecule has 106 valence electrons. The second-order valence-corrected chi connectivity index (χ2v) is 5.81. The van der Waals surface area contributed by atoms with E-state index in [4.69, 9.17) is 11.6 Å². The first-order valence-corrected chi connectivity index (χ1v) is 7.18. The van der Waals surface area contributed by atoms with Crippen molar-refractivity contribution in [1.82, 2.24) is 20.0 Å². The zero-order valence-electron chi connectivity index (χ0n) is 10.1. The van der Waals surface area contributed by atoms with E-state index >= 15 is 0 Å². The van der Waals surface area contributed by atoms with Gasteiger partial charge in [-0.15, -0.1) is 12.4 Å². The van der Waals surface area contributed by atoms with Gasteiger partial charge in [0.1, 0.15) is 10.5 Å². The van der Waals surface area contributed by atoms with Crippen LogP contribution >= 0.6 is 24.0 Å². The number of fused-ring (bicyclic) bond motifs is 1. The summed E-state index contributed by atoms with van der Waals surface area (Å²) in [6.07, 6.45) is 2.91. The average Bonchev–Trinajstić information content (AvgIpc) is 2.75. The van der Waals surface area contributed by atoms with Crippen LogP contribution in [0.5, 0.6) is 0 Å². The fourth-order valence-corrected chi connectivity index (χ4v) is 3.11. The fraction of sp³-hybridized carbons (Fsp3) is 0.300. The van der Waals surface area contributed by atoms with Gasteiger partial charge in [-0.1, -0.05) is 11.6 Å². The lowest BCUT2D eigenvalue weighted by Gasteiger charge is -2.05. The van der Waals surface area contributed by atoms with Gasteiger partial charge in [0, 0.05) is 25.5 Å². The predicted octanol–water partition coefficient (Wildman–Crippen LogP) is 1.14. The van der Waals surface area contributed by atoms with Gasteiger partial charge < -0.3 is 10.3 Å². The summed E-state index contributed by atoms with van der Waals surface area (Å²) < 4.78 is 26.7. The molecule has 0 saturated heterocycles. The third-order valence-corrected chi connectivity index (χ3v) is 4.24. The van der Waals surface area contributed by atoms with E-state index in [0.717, 1.165) is 0 Å². The Hall–Kier alpha value is -0.860. The standard InChI is InChI=1S/C10H13ClN4O2S.ClH/c1-12-4-5-15-18(16,17)8-6-14-10-9(8)7(11)2-3-13-10;/h2-3,6,12,15H,4-5H2,1H3,(H,13,14);1H. The number of likely N-dealkylation sites (N-methyl/N-ethyl adjacent to an activating group) is 1. The monoisotopic (exact) mass is 324 g/mol. The number of pyridine rings is 1. The summed E-state index contributed by atoms with van der Waals surface area (Å²) in [5, 5.41) is 3.63. The number of halogens is 2. The van der Waals surface area contributed by atoms with Gasteiger partial charge in [0.15, 0.2) is 0 Å². The molecule has 9 heteroatoms. The summed E-state index contributed by atoms with van der Waals surface area (Å²) >= 11 is 6.01. The molecule has 0 fully saturated rings. The molecule has 2 heterocycles. The first-order chi connectivity index (χ1) is 8.56. The van der Waals surface area contributed by atoms with Crippen LogP contribution in [0.4, 0.5) is 0 Å². The van der Waals surface area contributed by atoms with Crippen LogP contribution in [0.2, 0.25) is 5.02 Å². The van der Waals surface area contributed by atoms with Gasteiger partial charge in [0.05, 0.1) is 10.4 Å². The number of rotatable bonds is 5. The molecule has 0 unspecified atom stereocenters. The van der Waals surface area contributed by atoms with Crippen molar-refractivity contribution in [2.24, 2.45) is 0 Å². The molecular weight excluding hydrogens is 311 g/mol. The molecular formula is C10H14Cl2N4O2S. The number of sulfonamides is 1. The zero-order chi connectivity index (χ0) is 13.2. The molecule has 3 N–H and O–H groups in total. The lowest BCUT2D eigenvalue weighted by Crippen LogP contribution is -2.30. The Morgan fingerprint density at radius 3 is 2.84 bits per heavy atom. The van der Waals surface area contributed by atoms with Gasteiger partial charge in [0.25, 0.3) is 0 Å². The molecule has 0 aliphatic carbocycles. The molecule has 19 heavy (non-hydrogen) atoms. The van der Waals surface area contributed by atoms with Crippen LogP contribution in [0.25, 0.3) is 11.0 Å². The van der Waals surface area contributed by atoms with Crippen LogP contribution in [-0.2, 0) is 10.0 Å². The lowest BCUT2D eigenvalue weighted by molar-refractivity contribution is 0.580. The van der Waals surface area contributed by atoms with Crippen LogP contribution < -0.4 is 10.0 Å². The van der Waals surface area contributed by atoms with Crippen LogP contribution in [0, 0.1) is 0 Å². The quantitative estimate of drug-likeness (QED) is 0.720. The lowest BCUT2D eigenvalue weighted by atomic mass is 10.3. The minimum atomic E-state index is -3.58. The molecule has 0 aliphatic rings. The average molecular weight is 325 g/mol. The molecule has 0 saturated carbocycles. The van der Waals surface area contributed by atoms with E-state index < -0.39 is 10.0 Å². The highest BCUT2D eigenvalue weighted by atomic mass is 35.5. The van der Waals surface area contributed by atoms with E-state index in [0.29, 0.717) is 29.1 Å². The van der Waals surface area contributed by atoms with E-state index in [1.54, 1.807) is 13.1 Å². The number of nitrogens with zero attached hydrogens (tertiary/aromatic N) is 1. The van der Waals surface area contributed by atoms with Gasteiger partial charge in [-0.05, 0) is 13.1 Å². The minimum Gasteiger partial charge on any atom is -0.345 e. The summed E-state index contributed by atoms with van der Waals surface area (Å²) in [5.74, 6) is 0. The van der Waals surface area contributed by atoms with Crippen molar-refractivity contribution in [1.29, 1.82) is 0 Å². The number of hydrogen-bond donors (Lipinski definition) is 3. The van der Waals surface area contributed by atoms with Crippen molar-refractivity contribution in [2.75, 3.05) is 20.1 Å². The fourth-order valence-electron chi connectivity index (χ4n) is 1.59. The molecule has 0 amide bonds. The summed E-state index contributed by atoms with van der Waals surface area (Å²) in [6, 6.07) is 1.56. The molecule has 2 aromatic rings. The summed E-state index contributed by atoms with van der Waals surface area (Å²) in [7, 11) is -1.83. The Balaban J connectivity index is 0.00000180. The van der Waals surface area contributed by atoms with Crippen molar-refractivity contribution in [2.45, 2.75) is 4.90 Å². The van der Waals surface area contributed by atoms with Gasteiger partial charge >= 0.3 is 0 Å². The highest BCUT2D eigenvalue weighted by Crippen LogP contribution is 2.27. The number of hydrogen-bond acceptors (Lipinski definition) is 4. The highest BCUT2D eigenvalue weighted by Gasteiger charge is 2.20. The van der Waals surface area contributed by atoms with Crippen LogP contribution in [0.3, 0.4) is 0 Å². The summed E-state index contributed by atoms with van der Waals surface area (Å²) in [4.78, 5) is 6.94. The molecule has 0 atom stereocenters. The molecule has 2 aromatic heterocycles. The zero-order valence-corrected chi connectivity index (χ0v) is 12.5. The molecule has 0 radical (unpaired) electrons. The van der Waals surface area contributed by atoms with Gasteiger partial charge in [0.2, 0.25) is 10.0 Å². The molecule has 6 nitrogen and oxygen atoms in total. The summed E-state index contributed by atoms with van der Waals surface area (Å²) in [5.41, 5.74) is 0.455. The van der Waals surface area contributed by atoms with Crippen molar-refractivity contribution in [3.8, 4) is 0 Å². The topological polar surface area (TPSA) is 86.9 Å². The van der Waals surface area contributed by atoms with Crippen LogP contribution in [-0.4, -0.2) is 38.5 Å². The van der Waals surface area contributed by atoms with Crippen molar-refractivity contribution in [3.05, 3.63) is 23.5 Å². The number of H-pyrrole nitrogens is 1. The van der Waals surface area contributed by atoms with E-state index in [1.807, 2.05) is 0 Å². The maximum Gasteiger partial charge on any atom is 0.242 e. The van der Waals surface area contributed by atoms with Crippen molar-refractivity contribution < 1.29 is 8.42 Å². The molecule has 0 bridgehead atoms. The van der Waals surface area contributed by atoms with Gasteiger partial charge in [-0.3, -0.25) is 0 Å². The van der Waals surface area contributed by atoms with E-state index in [-0.39, 0.29) is 17.3 Å². The summed E-state index contributed by atoms with van der Waals surface area (Å²) in [6.45, 7) is 0.858. The number of aromatic nitrogens is 2. The molecule has 0 spiro atoms. The first-order valence-electron chi connectivity index (χ1n) is 5.32. The SMILES string of the molecule is CNCCNS(=O)(=O)c1c[nH]c2nccc(Cl)c12.Cl. The Bertz CT molecular complexity index is 657. The highest BCUT2D eigenvalue weighted by molar-refractivity contribution is 7.89. The molecule has 0 aromatic carbocycles. The molecule has 2 rings (SSSR count). The van der Waals surface area contributed by atoms with Crippen molar-refractivity contribution >= 4 is 45.1 Å². The Morgan fingerprint density at radius 2 is 2.16 bits per heavy atom. The number of aromatic amines is 1. The van der Waals surface area contributed by atoms with Crippen LogP contribution in [0.15, 0.2) is 23.4 Å². The largest absolute Gasteiger partial charge is 0.345 e. The molecule has 0 aliphatic heterocycles. The number of nitrogens with one attached hydrogen (secondary N) is 3. The maximum absolute atomic E-state index is 12.1. The van der Waals surface area contributed by atoms with E-state index in [2.05, 4.69) is 20.0 Å². The minimum absolute atomic E-state index is 0. The third-order valence-electron chi connectivity index (χ3n) is 2.44. The van der Waals surface area contributed by atoms with Crippen molar-refractivity contribution in [3.63, 3.8) is 0 Å². The first kappa shape index (κ1) is 16.2. The maximum atomic E-state index is 12.1. The van der Waals surface area contributed by atoms with Crippen LogP contribution in [0.1, 0.15) is 0 Å². The Labute approximate surface area is 122 Å².